The van der Waals surface area contributed by atoms with Crippen LogP contribution in [-0.4, -0.2) is 18.4 Å². The molecule has 2 atom stereocenters. The summed E-state index contributed by atoms with van der Waals surface area (Å²) in [5.74, 6) is -0.456. The zero-order chi connectivity index (χ0) is 27.1. The largest absolute Gasteiger partial charge is 0.518 e. The molecule has 1 saturated heterocycles. The zero-order valence-corrected chi connectivity index (χ0v) is 22.3. The van der Waals surface area contributed by atoms with Crippen molar-refractivity contribution in [2.24, 2.45) is 0 Å². The van der Waals surface area contributed by atoms with Gasteiger partial charge in [-0.3, -0.25) is 0 Å². The Balaban J connectivity index is 0.000000125. The molecule has 1 fully saturated rings. The molecule has 41 heavy (non-hydrogen) atoms. The summed E-state index contributed by atoms with van der Waals surface area (Å²) in [5.41, 5.74) is 5.10. The van der Waals surface area contributed by atoms with Crippen molar-refractivity contribution in [1.29, 1.82) is 0 Å². The fourth-order valence-electron chi connectivity index (χ4n) is 6.17. The summed E-state index contributed by atoms with van der Waals surface area (Å²) in [7, 11) is 0. The van der Waals surface area contributed by atoms with Gasteiger partial charge in [0, 0.05) is 0 Å². The third-order valence-corrected chi connectivity index (χ3v) is 7.78. The number of hydrogen-bond acceptors (Lipinski definition) is 6. The normalized spacial score (nSPS) is 20.5. The maximum atomic E-state index is 11.6. The Hall–Kier alpha value is -5.10. The van der Waals surface area contributed by atoms with E-state index in [-0.39, 0.29) is 31.5 Å². The van der Waals surface area contributed by atoms with Crippen molar-refractivity contribution >= 4 is 27.7 Å². The van der Waals surface area contributed by atoms with Crippen LogP contribution in [0.2, 0.25) is 0 Å². The van der Waals surface area contributed by atoms with Crippen molar-refractivity contribution in [3.05, 3.63) is 162 Å². The zero-order valence-electron chi connectivity index (χ0n) is 22.3. The van der Waals surface area contributed by atoms with Crippen LogP contribution in [0.1, 0.15) is 34.1 Å². The first-order valence-corrected chi connectivity index (χ1v) is 13.1. The Morgan fingerprint density at radius 3 is 1.07 bits per heavy atom. The minimum absolute atomic E-state index is 0. The van der Waals surface area contributed by atoms with E-state index in [1.54, 1.807) is 0 Å². The van der Waals surface area contributed by atoms with E-state index < -0.39 is 12.0 Å². The van der Waals surface area contributed by atoms with E-state index in [1.165, 1.54) is 56.3 Å². The summed E-state index contributed by atoms with van der Waals surface area (Å²) >= 11 is 0. The summed E-state index contributed by atoms with van der Waals surface area (Å²) in [6.45, 7) is 0. The van der Waals surface area contributed by atoms with Crippen LogP contribution in [0.15, 0.2) is 135 Å². The van der Waals surface area contributed by atoms with Crippen molar-refractivity contribution in [2.45, 2.75) is 24.0 Å². The van der Waals surface area contributed by atoms with E-state index in [4.69, 9.17) is 9.47 Å². The fraction of sp³-hybridized carbons (Fsp3) is 0.114. The average molecular weight is 544 g/mol. The number of hydrogen-bond donors (Lipinski definition) is 0. The summed E-state index contributed by atoms with van der Waals surface area (Å²) in [6.07, 6.45) is 1.47. The molecular formula is C35H27O6-. The minimum atomic E-state index is -0.657. The van der Waals surface area contributed by atoms with Gasteiger partial charge in [-0.1, -0.05) is 97.1 Å². The van der Waals surface area contributed by atoms with E-state index in [2.05, 4.69) is 118 Å². The lowest BCUT2D eigenvalue weighted by atomic mass is 9.61. The first-order chi connectivity index (χ1) is 19.7. The molecule has 1 aromatic heterocycles. The predicted molar refractivity (Wildman–Crippen MR) is 157 cm³/mol. The maximum Gasteiger partial charge on any atom is 0.518 e. The summed E-state index contributed by atoms with van der Waals surface area (Å²) in [4.78, 5) is 21.3. The first kappa shape index (κ1) is 26.1. The van der Waals surface area contributed by atoms with Gasteiger partial charge in [-0.2, -0.15) is 0 Å². The summed E-state index contributed by atoms with van der Waals surface area (Å²) in [6, 6.07) is 38.2. The molecule has 204 valence electrons. The highest BCUT2D eigenvalue weighted by atomic mass is 16.8. The number of ether oxygens (including phenoxy) is 2. The molecule has 6 nitrogen and oxygen atoms in total. The molecular weight excluding hydrogens is 516 g/mol. The third-order valence-electron chi connectivity index (χ3n) is 7.78. The topological polar surface area (TPSA) is 78.9 Å². The lowest BCUT2D eigenvalue weighted by Crippen LogP contribution is -2.45. The third kappa shape index (κ3) is 4.67. The molecule has 2 heterocycles. The SMILES string of the molecule is O=C1OC2C3c4ccccc4C(c4ccccc43)C2O1.O=c1occo1.[CH3-].c1ccc2cc3ccccc3cc2c1. The van der Waals surface area contributed by atoms with Crippen LogP contribution in [0.25, 0.3) is 21.5 Å². The van der Waals surface area contributed by atoms with Gasteiger partial charge in [0.05, 0.1) is 11.8 Å². The molecule has 4 aliphatic rings. The molecule has 0 spiro atoms. The van der Waals surface area contributed by atoms with E-state index >= 15 is 0 Å². The molecule has 0 radical (unpaired) electrons. The second kappa shape index (κ2) is 10.8. The number of carbonyl (C=O) groups is 1. The van der Waals surface area contributed by atoms with Crippen molar-refractivity contribution in [3.8, 4) is 0 Å². The molecule has 10 rings (SSSR count). The molecule has 5 aromatic carbocycles. The Morgan fingerprint density at radius 2 is 0.780 bits per heavy atom. The smallest absolute Gasteiger partial charge is 0.426 e. The molecule has 0 saturated carbocycles. The molecule has 1 aliphatic heterocycles. The highest BCUT2D eigenvalue weighted by molar-refractivity contribution is 5.98. The van der Waals surface area contributed by atoms with Crippen LogP contribution in [-0.2, 0) is 9.47 Å². The lowest BCUT2D eigenvalue weighted by Gasteiger charge is -2.44. The predicted octanol–water partition coefficient (Wildman–Crippen LogP) is 7.86. The molecule has 0 N–H and O–H groups in total. The van der Waals surface area contributed by atoms with Gasteiger partial charge in [0.1, 0.15) is 12.5 Å². The maximum absolute atomic E-state index is 11.6. The van der Waals surface area contributed by atoms with Gasteiger partial charge < -0.3 is 25.7 Å². The molecule has 6 aromatic rings. The first-order valence-electron chi connectivity index (χ1n) is 13.1. The van der Waals surface area contributed by atoms with Gasteiger partial charge in [-0.15, -0.1) is 0 Å². The summed E-state index contributed by atoms with van der Waals surface area (Å²) in [5, 5.41) is 5.25. The van der Waals surface area contributed by atoms with Crippen molar-refractivity contribution in [2.75, 3.05) is 0 Å². The van der Waals surface area contributed by atoms with E-state index in [0.717, 1.165) is 0 Å². The number of fused-ring (bicyclic) bond motifs is 2. The van der Waals surface area contributed by atoms with Gasteiger partial charge in [-0.25, -0.2) is 9.59 Å². The van der Waals surface area contributed by atoms with Gasteiger partial charge in [0.2, 0.25) is 0 Å². The second-order valence-electron chi connectivity index (χ2n) is 9.93. The Bertz CT molecular complexity index is 1670. The highest BCUT2D eigenvalue weighted by Crippen LogP contribution is 2.56. The average Bonchev–Trinajstić information content (AvgIpc) is 3.64. The number of carbonyl (C=O) groups excluding carboxylic acids is 1. The monoisotopic (exact) mass is 543 g/mol. The molecule has 6 heteroatoms. The minimum Gasteiger partial charge on any atom is -0.426 e. The molecule has 2 bridgehead atoms. The van der Waals surface area contributed by atoms with E-state index in [9.17, 15) is 9.59 Å². The molecule has 2 unspecified atom stereocenters. The van der Waals surface area contributed by atoms with Crippen molar-refractivity contribution in [1.82, 2.24) is 0 Å². The van der Waals surface area contributed by atoms with Crippen molar-refractivity contribution < 1.29 is 23.1 Å². The highest BCUT2D eigenvalue weighted by Gasteiger charge is 2.56. The fourth-order valence-corrected chi connectivity index (χ4v) is 6.17. The molecule has 0 amide bonds. The van der Waals surface area contributed by atoms with E-state index in [0.29, 0.717) is 0 Å². The van der Waals surface area contributed by atoms with E-state index in [1.807, 2.05) is 0 Å². The van der Waals surface area contributed by atoms with Gasteiger partial charge in [-0.05, 0) is 55.9 Å². The Kier molecular flexibility index (Phi) is 6.89. The Morgan fingerprint density at radius 1 is 0.463 bits per heavy atom. The van der Waals surface area contributed by atoms with Crippen LogP contribution in [0.3, 0.4) is 0 Å². The van der Waals surface area contributed by atoms with Gasteiger partial charge in [0.25, 0.3) is 0 Å². The van der Waals surface area contributed by atoms with Crippen LogP contribution >= 0.6 is 0 Å². The van der Waals surface area contributed by atoms with Crippen LogP contribution < -0.4 is 5.82 Å². The van der Waals surface area contributed by atoms with Crippen LogP contribution in [0, 0.1) is 7.43 Å². The second-order valence-corrected chi connectivity index (χ2v) is 9.93. The quantitative estimate of drug-likeness (QED) is 0.110. The van der Waals surface area contributed by atoms with Crippen LogP contribution in [0.5, 0.6) is 0 Å². The van der Waals surface area contributed by atoms with Crippen molar-refractivity contribution in [3.63, 3.8) is 0 Å². The summed E-state index contributed by atoms with van der Waals surface area (Å²) < 4.78 is 19.1. The standard InChI is InChI=1S/C17H12O3.C14H10.C3H2O3.CH3/c18-17-19-15-13-9-5-1-2-6-10(9)14(16(15)20-17)12-8-4-3-7-11(12)13;1-2-6-12-10-14-8-4-3-7-13(14)9-11(12)5-1;4-3-5-1-2-6-3;/h1-8,13-16H;1-10H;1-2H;1H3/q;;;-1. The lowest BCUT2D eigenvalue weighted by molar-refractivity contribution is 0.103. The van der Waals surface area contributed by atoms with Crippen LogP contribution in [0.4, 0.5) is 4.79 Å². The number of benzene rings is 5. The Labute approximate surface area is 236 Å². The molecule has 3 aliphatic carbocycles. The van der Waals surface area contributed by atoms with Gasteiger partial charge in [0.15, 0.2) is 12.2 Å². The van der Waals surface area contributed by atoms with Gasteiger partial charge >= 0.3 is 12.0 Å². The number of rotatable bonds is 0.